The maximum Gasteiger partial charge on any atom is -0.00604 e. The van der Waals surface area contributed by atoms with Crippen LogP contribution in [0.5, 0.6) is 0 Å². The van der Waals surface area contributed by atoms with Gasteiger partial charge in [-0.15, -0.1) is 9.24 Å². The van der Waals surface area contributed by atoms with Gasteiger partial charge in [-0.05, 0) is 135 Å². The van der Waals surface area contributed by atoms with Gasteiger partial charge in [-0.2, -0.15) is 0 Å². The third kappa shape index (κ3) is 2.22. The van der Waals surface area contributed by atoms with Crippen molar-refractivity contribution in [1.82, 2.24) is 0 Å². The van der Waals surface area contributed by atoms with Gasteiger partial charge in [-0.3, -0.25) is 0 Å². The minimum atomic E-state index is 0.598. The van der Waals surface area contributed by atoms with Gasteiger partial charge in [0.25, 0.3) is 0 Å². The zero-order valence-corrected chi connectivity index (χ0v) is 17.5. The van der Waals surface area contributed by atoms with Crippen LogP contribution in [0.4, 0.5) is 0 Å². The molecule has 8 bridgehead atoms. The van der Waals surface area contributed by atoms with Crippen LogP contribution in [0, 0.1) is 52.8 Å². The van der Waals surface area contributed by atoms with E-state index in [-0.39, 0.29) is 0 Å². The van der Waals surface area contributed by atoms with E-state index in [4.69, 9.17) is 0 Å². The molecule has 2 atom stereocenters. The third-order valence-corrected chi connectivity index (χ3v) is 11.8. The highest BCUT2D eigenvalue weighted by molar-refractivity contribution is 7.19. The molecule has 0 spiro atoms. The van der Waals surface area contributed by atoms with Gasteiger partial charge in [0.15, 0.2) is 0 Å². The van der Waals surface area contributed by atoms with Crippen LogP contribution in [-0.4, -0.2) is 5.16 Å². The van der Waals surface area contributed by atoms with Crippen molar-refractivity contribution in [3.8, 4) is 0 Å². The first-order valence-corrected chi connectivity index (χ1v) is 12.4. The van der Waals surface area contributed by atoms with Crippen molar-refractivity contribution in [2.24, 2.45) is 52.8 Å². The standard InChI is InChI=1S/C24H39P/c1-2-3-24(25,22-20-8-15-4-16(10-20)11-21(22)9-15)23-12-17-5-18(13-23)7-19(6-17)14-23/h15-22H,2-14,25H2,1H3. The number of rotatable bonds is 4. The van der Waals surface area contributed by atoms with Gasteiger partial charge in [-0.1, -0.05) is 13.3 Å². The zero-order valence-electron chi connectivity index (χ0n) is 16.4. The Kier molecular flexibility index (Phi) is 3.60. The van der Waals surface area contributed by atoms with Gasteiger partial charge >= 0.3 is 0 Å². The Labute approximate surface area is 157 Å². The van der Waals surface area contributed by atoms with E-state index in [0.29, 0.717) is 5.16 Å². The summed E-state index contributed by atoms with van der Waals surface area (Å²) in [5.74, 6) is 8.87. The summed E-state index contributed by atoms with van der Waals surface area (Å²) in [6, 6.07) is 0. The van der Waals surface area contributed by atoms with Crippen LogP contribution in [0.2, 0.25) is 0 Å². The molecular formula is C24H39P. The van der Waals surface area contributed by atoms with E-state index in [1.807, 2.05) is 0 Å². The smallest absolute Gasteiger partial charge is 0.00604 e. The first-order chi connectivity index (χ1) is 12.1. The fraction of sp³-hybridized carbons (Fsp3) is 1.00. The first-order valence-electron chi connectivity index (χ1n) is 11.9. The fourth-order valence-corrected chi connectivity index (χ4v) is 11.8. The molecule has 0 radical (unpaired) electrons. The Morgan fingerprint density at radius 2 is 1.16 bits per heavy atom. The van der Waals surface area contributed by atoms with E-state index in [1.165, 1.54) is 12.8 Å². The van der Waals surface area contributed by atoms with Crippen molar-refractivity contribution in [3.05, 3.63) is 0 Å². The van der Waals surface area contributed by atoms with Crippen molar-refractivity contribution < 1.29 is 0 Å². The predicted molar refractivity (Wildman–Crippen MR) is 108 cm³/mol. The second-order valence-corrected chi connectivity index (χ2v) is 13.0. The molecule has 8 rings (SSSR count). The lowest BCUT2D eigenvalue weighted by molar-refractivity contribution is -0.134. The lowest BCUT2D eigenvalue weighted by atomic mass is 9.40. The Morgan fingerprint density at radius 1 is 0.720 bits per heavy atom. The van der Waals surface area contributed by atoms with Crippen LogP contribution in [0.15, 0.2) is 0 Å². The van der Waals surface area contributed by atoms with Gasteiger partial charge in [0.1, 0.15) is 0 Å². The Balaban J connectivity index is 1.40. The van der Waals surface area contributed by atoms with E-state index in [9.17, 15) is 0 Å². The molecule has 25 heavy (non-hydrogen) atoms. The summed E-state index contributed by atoms with van der Waals surface area (Å²) in [5.41, 5.74) is 0.725. The molecule has 0 aliphatic heterocycles. The van der Waals surface area contributed by atoms with Crippen molar-refractivity contribution in [2.75, 3.05) is 0 Å². The Hall–Kier alpha value is 0.430. The molecule has 0 N–H and O–H groups in total. The van der Waals surface area contributed by atoms with Crippen molar-refractivity contribution >= 4 is 9.24 Å². The molecule has 0 aromatic heterocycles. The summed E-state index contributed by atoms with van der Waals surface area (Å²) in [5, 5.41) is 0.598. The Bertz CT molecular complexity index is 487. The number of hydrogen-bond donors (Lipinski definition) is 0. The average Bonchev–Trinajstić information content (AvgIpc) is 2.52. The van der Waals surface area contributed by atoms with Gasteiger partial charge in [0.05, 0.1) is 0 Å². The van der Waals surface area contributed by atoms with Gasteiger partial charge < -0.3 is 0 Å². The second kappa shape index (κ2) is 5.49. The SMILES string of the molecule is CCCC(P)(C1C2CC3CC(C2)CC1C3)C12CC3CC(CC(C3)C1)C2. The maximum absolute atomic E-state index is 3.67. The summed E-state index contributed by atoms with van der Waals surface area (Å²) < 4.78 is 0. The van der Waals surface area contributed by atoms with E-state index >= 15 is 0 Å². The average molecular weight is 359 g/mol. The molecule has 0 aromatic carbocycles. The topological polar surface area (TPSA) is 0 Å². The second-order valence-electron chi connectivity index (χ2n) is 11.9. The monoisotopic (exact) mass is 358 g/mol. The van der Waals surface area contributed by atoms with E-state index in [0.717, 1.165) is 52.8 Å². The van der Waals surface area contributed by atoms with E-state index in [1.54, 1.807) is 70.6 Å². The molecule has 2 unspecified atom stereocenters. The Morgan fingerprint density at radius 3 is 1.60 bits per heavy atom. The van der Waals surface area contributed by atoms with E-state index < -0.39 is 0 Å². The summed E-state index contributed by atoms with van der Waals surface area (Å²) in [6.07, 6.45) is 20.7. The van der Waals surface area contributed by atoms with Gasteiger partial charge in [0, 0.05) is 0 Å². The molecule has 8 saturated carbocycles. The lowest BCUT2D eigenvalue weighted by Gasteiger charge is -2.69. The van der Waals surface area contributed by atoms with Crippen LogP contribution in [0.1, 0.15) is 90.4 Å². The highest BCUT2D eigenvalue weighted by Crippen LogP contribution is 2.72. The van der Waals surface area contributed by atoms with Crippen LogP contribution >= 0.6 is 9.24 Å². The summed E-state index contributed by atoms with van der Waals surface area (Å²) in [4.78, 5) is 0. The summed E-state index contributed by atoms with van der Waals surface area (Å²) in [6.45, 7) is 2.48. The molecule has 0 aromatic rings. The molecule has 0 nitrogen and oxygen atoms in total. The molecular weight excluding hydrogens is 319 g/mol. The fourth-order valence-electron chi connectivity index (χ4n) is 10.6. The van der Waals surface area contributed by atoms with E-state index in [2.05, 4.69) is 16.2 Å². The normalized spacial score (nSPS) is 57.8. The first kappa shape index (κ1) is 16.4. The lowest BCUT2D eigenvalue weighted by Crippen LogP contribution is -2.63. The molecule has 8 fully saturated rings. The molecule has 0 saturated heterocycles. The van der Waals surface area contributed by atoms with Crippen LogP contribution < -0.4 is 0 Å². The summed E-state index contributed by atoms with van der Waals surface area (Å²) in [7, 11) is 3.67. The number of hydrogen-bond acceptors (Lipinski definition) is 0. The minimum absolute atomic E-state index is 0.598. The summed E-state index contributed by atoms with van der Waals surface area (Å²) >= 11 is 0. The maximum atomic E-state index is 3.67. The molecule has 0 heterocycles. The van der Waals surface area contributed by atoms with Crippen LogP contribution in [0.3, 0.4) is 0 Å². The molecule has 140 valence electrons. The zero-order chi connectivity index (χ0) is 16.8. The molecule has 8 aliphatic rings. The minimum Gasteiger partial charge on any atom is -0.130 e. The van der Waals surface area contributed by atoms with Gasteiger partial charge in [0.2, 0.25) is 0 Å². The van der Waals surface area contributed by atoms with Crippen molar-refractivity contribution in [1.29, 1.82) is 0 Å². The highest BCUT2D eigenvalue weighted by Gasteiger charge is 2.64. The quantitative estimate of drug-likeness (QED) is 0.491. The van der Waals surface area contributed by atoms with Crippen molar-refractivity contribution in [2.45, 2.75) is 95.6 Å². The molecule has 0 amide bonds. The van der Waals surface area contributed by atoms with Gasteiger partial charge in [-0.25, -0.2) is 0 Å². The third-order valence-electron chi connectivity index (χ3n) is 10.5. The molecule has 1 heteroatoms. The van der Waals surface area contributed by atoms with Crippen LogP contribution in [0.25, 0.3) is 0 Å². The highest BCUT2D eigenvalue weighted by atomic mass is 31.0. The largest absolute Gasteiger partial charge is 0.130 e. The van der Waals surface area contributed by atoms with Crippen molar-refractivity contribution in [3.63, 3.8) is 0 Å². The van der Waals surface area contributed by atoms with Crippen LogP contribution in [-0.2, 0) is 0 Å². The predicted octanol–water partition coefficient (Wildman–Crippen LogP) is 6.69. The molecule has 8 aliphatic carbocycles.